The molecule has 28 heavy (non-hydrogen) atoms. The van der Waals surface area contributed by atoms with Gasteiger partial charge in [-0.1, -0.05) is 12.1 Å². The summed E-state index contributed by atoms with van der Waals surface area (Å²) < 4.78 is 3.58. The van der Waals surface area contributed by atoms with Crippen LogP contribution in [0.2, 0.25) is 0 Å². The summed E-state index contributed by atoms with van der Waals surface area (Å²) in [7, 11) is 1.91. The summed E-state index contributed by atoms with van der Waals surface area (Å²) in [6, 6.07) is 7.92. The molecule has 0 aliphatic carbocycles. The highest BCUT2D eigenvalue weighted by Crippen LogP contribution is 2.27. The van der Waals surface area contributed by atoms with Gasteiger partial charge in [-0.05, 0) is 30.2 Å². The maximum atomic E-state index is 12.9. The number of fused-ring (bicyclic) bond motifs is 2. The van der Waals surface area contributed by atoms with Crippen molar-refractivity contribution in [3.05, 3.63) is 59.6 Å². The fourth-order valence-corrected chi connectivity index (χ4v) is 3.84. The van der Waals surface area contributed by atoms with E-state index >= 15 is 0 Å². The van der Waals surface area contributed by atoms with Gasteiger partial charge >= 0.3 is 0 Å². The predicted octanol–water partition coefficient (Wildman–Crippen LogP) is 3.30. The third-order valence-corrected chi connectivity index (χ3v) is 5.43. The van der Waals surface area contributed by atoms with Gasteiger partial charge in [-0.3, -0.25) is 19.2 Å². The first-order chi connectivity index (χ1) is 13.6. The molecule has 9 heteroatoms. The molecule has 138 valence electrons. The van der Waals surface area contributed by atoms with Gasteiger partial charge in [0.25, 0.3) is 5.91 Å². The van der Waals surface area contributed by atoms with Crippen molar-refractivity contribution >= 4 is 38.9 Å². The molecule has 1 amide bonds. The van der Waals surface area contributed by atoms with Crippen molar-refractivity contribution < 1.29 is 4.79 Å². The molecule has 0 radical (unpaired) electrons. The number of hydrogen-bond acceptors (Lipinski definition) is 6. The maximum absolute atomic E-state index is 12.9. The van der Waals surface area contributed by atoms with Crippen molar-refractivity contribution in [1.29, 1.82) is 0 Å². The summed E-state index contributed by atoms with van der Waals surface area (Å²) >= 11 is 1.39. The largest absolute Gasteiger partial charge is 0.298 e. The Bertz CT molecular complexity index is 1350. The Hall–Kier alpha value is -3.59. The zero-order valence-electron chi connectivity index (χ0n) is 15.1. The van der Waals surface area contributed by atoms with E-state index in [4.69, 9.17) is 0 Å². The monoisotopic (exact) mass is 389 g/mol. The second kappa shape index (κ2) is 6.24. The van der Waals surface area contributed by atoms with E-state index < -0.39 is 0 Å². The average molecular weight is 389 g/mol. The van der Waals surface area contributed by atoms with E-state index in [1.807, 2.05) is 54.6 Å². The summed E-state index contributed by atoms with van der Waals surface area (Å²) in [5, 5.41) is 18.7. The predicted molar refractivity (Wildman–Crippen MR) is 107 cm³/mol. The molecule has 0 aliphatic rings. The van der Waals surface area contributed by atoms with Gasteiger partial charge in [0.1, 0.15) is 6.33 Å². The van der Waals surface area contributed by atoms with E-state index in [2.05, 4.69) is 31.7 Å². The fourth-order valence-electron chi connectivity index (χ4n) is 3.16. The highest BCUT2D eigenvalue weighted by Gasteiger charge is 2.17. The first-order valence-electron chi connectivity index (χ1n) is 8.57. The molecule has 1 aromatic carbocycles. The molecular weight excluding hydrogens is 374 g/mol. The summed E-state index contributed by atoms with van der Waals surface area (Å²) in [5.74, 6) is -0.268. The van der Waals surface area contributed by atoms with Gasteiger partial charge < -0.3 is 0 Å². The Morgan fingerprint density at radius 2 is 2.11 bits per heavy atom. The summed E-state index contributed by atoms with van der Waals surface area (Å²) in [5.41, 5.74) is 4.68. The van der Waals surface area contributed by atoms with E-state index in [1.54, 1.807) is 10.7 Å². The smallest absolute Gasteiger partial charge is 0.261 e. The third-order valence-electron chi connectivity index (χ3n) is 4.56. The normalized spacial score (nSPS) is 11.4. The van der Waals surface area contributed by atoms with E-state index in [0.717, 1.165) is 27.7 Å². The Labute approximate surface area is 163 Å². The van der Waals surface area contributed by atoms with Crippen LogP contribution in [0.1, 0.15) is 16.1 Å². The molecule has 0 aliphatic heterocycles. The van der Waals surface area contributed by atoms with Crippen molar-refractivity contribution in [2.75, 3.05) is 5.32 Å². The lowest BCUT2D eigenvalue weighted by molar-refractivity contribution is 0.102. The molecule has 0 saturated heterocycles. The van der Waals surface area contributed by atoms with Crippen LogP contribution in [0.25, 0.3) is 27.7 Å². The number of nitrogens with zero attached hydrogens (tertiary/aromatic N) is 6. The molecule has 4 heterocycles. The Morgan fingerprint density at radius 3 is 2.93 bits per heavy atom. The van der Waals surface area contributed by atoms with Crippen LogP contribution in [-0.2, 0) is 7.05 Å². The molecule has 8 nitrogen and oxygen atoms in total. The number of nitrogens with one attached hydrogen (secondary N) is 1. The van der Waals surface area contributed by atoms with Gasteiger partial charge in [0.15, 0.2) is 10.8 Å². The number of amides is 1. The Kier molecular flexibility index (Phi) is 3.69. The molecule has 1 N–H and O–H groups in total. The lowest BCUT2D eigenvalue weighted by atomic mass is 10.0. The van der Waals surface area contributed by atoms with Gasteiger partial charge in [-0.25, -0.2) is 4.98 Å². The average Bonchev–Trinajstić information content (AvgIpc) is 3.41. The number of thiazole rings is 1. The number of carbonyl (C=O) groups is 1. The second-order valence-electron chi connectivity index (χ2n) is 6.49. The van der Waals surface area contributed by atoms with Crippen LogP contribution in [0.15, 0.2) is 48.4 Å². The highest BCUT2D eigenvalue weighted by molar-refractivity contribution is 7.13. The van der Waals surface area contributed by atoms with Crippen LogP contribution < -0.4 is 5.32 Å². The number of hydrogen-bond donors (Lipinski definition) is 1. The zero-order valence-corrected chi connectivity index (χ0v) is 15.9. The van der Waals surface area contributed by atoms with Crippen LogP contribution in [0, 0.1) is 6.92 Å². The number of carbonyl (C=O) groups excluding carboxylic acids is 1. The SMILES string of the molecule is Cc1csc(NC(=O)c2cc(-c3ccc4cnn(C)c4c3)cn3cnnc23)n1. The number of pyridine rings is 1. The van der Waals surface area contributed by atoms with Crippen LogP contribution in [-0.4, -0.2) is 35.3 Å². The van der Waals surface area contributed by atoms with Gasteiger partial charge in [0.2, 0.25) is 0 Å². The minimum Gasteiger partial charge on any atom is -0.298 e. The molecule has 0 unspecified atom stereocenters. The van der Waals surface area contributed by atoms with Crippen LogP contribution in [0.5, 0.6) is 0 Å². The maximum Gasteiger partial charge on any atom is 0.261 e. The summed E-state index contributed by atoms with van der Waals surface area (Å²) in [4.78, 5) is 17.2. The minimum atomic E-state index is -0.268. The lowest BCUT2D eigenvalue weighted by Crippen LogP contribution is -2.13. The van der Waals surface area contributed by atoms with E-state index in [-0.39, 0.29) is 5.91 Å². The molecule has 0 saturated carbocycles. The molecule has 5 rings (SSSR count). The highest BCUT2D eigenvalue weighted by atomic mass is 32.1. The lowest BCUT2D eigenvalue weighted by Gasteiger charge is -2.08. The molecule has 0 fully saturated rings. The topological polar surface area (TPSA) is 90.0 Å². The number of aromatic nitrogens is 6. The molecular formula is C19H15N7OS. The molecule has 0 spiro atoms. The molecule has 4 aromatic heterocycles. The molecule has 0 bridgehead atoms. The van der Waals surface area contributed by atoms with Crippen molar-refractivity contribution in [3.8, 4) is 11.1 Å². The van der Waals surface area contributed by atoms with Crippen molar-refractivity contribution in [2.45, 2.75) is 6.92 Å². The standard InChI is InChI=1S/C19H15N7OS/c1-11-9-28-19(22-11)23-18(27)15-5-14(8-26-10-20-24-17(15)26)12-3-4-13-7-21-25(2)16(13)6-12/h3-10H,1-2H3,(H,22,23,27). The van der Waals surface area contributed by atoms with Crippen molar-refractivity contribution in [1.82, 2.24) is 29.4 Å². The summed E-state index contributed by atoms with van der Waals surface area (Å²) in [6.07, 6.45) is 5.33. The Morgan fingerprint density at radius 1 is 1.21 bits per heavy atom. The fraction of sp³-hybridized carbons (Fsp3) is 0.105. The first kappa shape index (κ1) is 16.6. The summed E-state index contributed by atoms with van der Waals surface area (Å²) in [6.45, 7) is 1.89. The van der Waals surface area contributed by atoms with Gasteiger partial charge in [0.05, 0.1) is 23.0 Å². The first-order valence-corrected chi connectivity index (χ1v) is 9.45. The van der Waals surface area contributed by atoms with Crippen LogP contribution in [0.3, 0.4) is 0 Å². The van der Waals surface area contributed by atoms with Crippen LogP contribution in [0.4, 0.5) is 5.13 Å². The molecule has 5 aromatic rings. The van der Waals surface area contributed by atoms with Gasteiger partial charge in [-0.15, -0.1) is 21.5 Å². The number of rotatable bonds is 3. The van der Waals surface area contributed by atoms with E-state index in [0.29, 0.717) is 16.3 Å². The van der Waals surface area contributed by atoms with Crippen molar-refractivity contribution in [2.24, 2.45) is 7.05 Å². The number of anilines is 1. The number of aryl methyl sites for hydroxylation is 2. The number of benzene rings is 1. The van der Waals surface area contributed by atoms with E-state index in [1.165, 1.54) is 11.3 Å². The zero-order chi connectivity index (χ0) is 19.3. The van der Waals surface area contributed by atoms with Gasteiger partial charge in [0, 0.05) is 24.0 Å². The third kappa shape index (κ3) is 2.72. The van der Waals surface area contributed by atoms with Gasteiger partial charge in [-0.2, -0.15) is 5.10 Å². The van der Waals surface area contributed by atoms with Crippen LogP contribution >= 0.6 is 11.3 Å². The molecule has 0 atom stereocenters. The quantitative estimate of drug-likeness (QED) is 0.511. The minimum absolute atomic E-state index is 0.268. The van der Waals surface area contributed by atoms with Crippen molar-refractivity contribution in [3.63, 3.8) is 0 Å². The second-order valence-corrected chi connectivity index (χ2v) is 7.35. The Balaban J connectivity index is 1.62. The van der Waals surface area contributed by atoms with E-state index in [9.17, 15) is 4.79 Å².